The van der Waals surface area contributed by atoms with Gasteiger partial charge in [-0.2, -0.15) is 10.1 Å². The molecule has 0 N–H and O–H groups in total. The minimum absolute atomic E-state index is 0.0177. The molecule has 0 unspecified atom stereocenters. The second-order valence-corrected chi connectivity index (χ2v) is 10.2. The van der Waals surface area contributed by atoms with Gasteiger partial charge in [-0.15, -0.1) is 0 Å². The minimum atomic E-state index is 0.0177. The van der Waals surface area contributed by atoms with Gasteiger partial charge in [0.15, 0.2) is 11.4 Å². The van der Waals surface area contributed by atoms with Crippen LogP contribution in [0.15, 0.2) is 30.6 Å². The zero-order chi connectivity index (χ0) is 23.8. The number of ketones is 1. The van der Waals surface area contributed by atoms with Crippen molar-refractivity contribution in [3.05, 3.63) is 41.7 Å². The molecule has 2 fully saturated rings. The summed E-state index contributed by atoms with van der Waals surface area (Å²) >= 11 is 0. The van der Waals surface area contributed by atoms with E-state index in [1.54, 1.807) is 10.9 Å². The van der Waals surface area contributed by atoms with Gasteiger partial charge in [-0.05, 0) is 49.3 Å². The molecule has 0 amide bonds. The van der Waals surface area contributed by atoms with Crippen LogP contribution in [0.3, 0.4) is 0 Å². The number of hydrogen-bond donors (Lipinski definition) is 0. The average Bonchev–Trinajstić information content (AvgIpc) is 3.58. The molecule has 1 saturated carbocycles. The SMILES string of the molecule is CN(c1ncc2cnn(CC(=O)[C@@H]3CCc4c(cccc4N4CCOCC4)C3)c2n1)C1CCCC1. The monoisotopic (exact) mass is 474 g/mol. The van der Waals surface area contributed by atoms with Crippen LogP contribution in [-0.2, 0) is 28.9 Å². The van der Waals surface area contributed by atoms with E-state index in [0.717, 1.165) is 62.5 Å². The lowest BCUT2D eigenvalue weighted by Crippen LogP contribution is -2.37. The Bertz CT molecular complexity index is 1210. The fourth-order valence-corrected chi connectivity index (χ4v) is 6.04. The lowest BCUT2D eigenvalue weighted by Gasteiger charge is -2.33. The molecule has 1 saturated heterocycles. The zero-order valence-electron chi connectivity index (χ0n) is 20.5. The fourth-order valence-electron chi connectivity index (χ4n) is 6.04. The number of hydrogen-bond acceptors (Lipinski definition) is 7. The van der Waals surface area contributed by atoms with Gasteiger partial charge in [0.2, 0.25) is 5.95 Å². The second kappa shape index (κ2) is 9.57. The van der Waals surface area contributed by atoms with E-state index in [1.165, 1.54) is 42.5 Å². The molecule has 1 aliphatic heterocycles. The molecule has 1 atom stereocenters. The van der Waals surface area contributed by atoms with Gasteiger partial charge < -0.3 is 14.5 Å². The number of fused-ring (bicyclic) bond motifs is 2. The second-order valence-electron chi connectivity index (χ2n) is 10.2. The number of Topliss-reactive ketones (excluding diaryl/α,β-unsaturated/α-hetero) is 1. The van der Waals surface area contributed by atoms with Crippen LogP contribution in [-0.4, -0.2) is 64.9 Å². The van der Waals surface area contributed by atoms with Crippen molar-refractivity contribution < 1.29 is 9.53 Å². The van der Waals surface area contributed by atoms with Gasteiger partial charge in [-0.3, -0.25) is 4.79 Å². The lowest BCUT2D eigenvalue weighted by atomic mass is 9.80. The summed E-state index contributed by atoms with van der Waals surface area (Å²) in [5, 5.41) is 5.38. The molecular weight excluding hydrogens is 440 g/mol. The Labute approximate surface area is 206 Å². The van der Waals surface area contributed by atoms with Crippen molar-refractivity contribution in [3.63, 3.8) is 0 Å². The molecule has 184 valence electrons. The molecule has 6 rings (SSSR count). The summed E-state index contributed by atoms with van der Waals surface area (Å²) in [6, 6.07) is 7.05. The van der Waals surface area contributed by atoms with Gasteiger partial charge in [0.05, 0.1) is 24.8 Å². The molecule has 0 bridgehead atoms. The Morgan fingerprint density at radius 2 is 1.97 bits per heavy atom. The van der Waals surface area contributed by atoms with E-state index in [-0.39, 0.29) is 18.2 Å². The van der Waals surface area contributed by atoms with E-state index in [2.05, 4.69) is 45.1 Å². The van der Waals surface area contributed by atoms with Crippen molar-refractivity contribution in [2.45, 2.75) is 57.5 Å². The first-order chi connectivity index (χ1) is 17.2. The third-order valence-corrected chi connectivity index (χ3v) is 8.12. The van der Waals surface area contributed by atoms with Crippen LogP contribution in [0.25, 0.3) is 11.0 Å². The van der Waals surface area contributed by atoms with Crippen LogP contribution in [0, 0.1) is 5.92 Å². The molecule has 3 aromatic rings. The maximum atomic E-state index is 13.4. The first kappa shape index (κ1) is 22.5. The molecule has 0 spiro atoms. The molecular formula is C27H34N6O2. The average molecular weight is 475 g/mol. The van der Waals surface area contributed by atoms with Crippen molar-refractivity contribution in [1.82, 2.24) is 19.7 Å². The van der Waals surface area contributed by atoms with Crippen molar-refractivity contribution in [3.8, 4) is 0 Å². The van der Waals surface area contributed by atoms with Crippen molar-refractivity contribution in [2.24, 2.45) is 5.92 Å². The summed E-state index contributed by atoms with van der Waals surface area (Å²) in [5.74, 6) is 0.978. The Hall–Kier alpha value is -3.00. The van der Waals surface area contributed by atoms with E-state index in [0.29, 0.717) is 6.04 Å². The number of aromatic nitrogens is 4. The number of carbonyl (C=O) groups excluding carboxylic acids is 1. The lowest BCUT2D eigenvalue weighted by molar-refractivity contribution is -0.123. The van der Waals surface area contributed by atoms with Crippen LogP contribution in [0.2, 0.25) is 0 Å². The molecule has 3 heterocycles. The largest absolute Gasteiger partial charge is 0.378 e. The molecule has 2 aromatic heterocycles. The van der Waals surface area contributed by atoms with Gasteiger partial charge in [0, 0.05) is 44.0 Å². The highest BCUT2D eigenvalue weighted by molar-refractivity contribution is 5.84. The highest BCUT2D eigenvalue weighted by Gasteiger charge is 2.28. The van der Waals surface area contributed by atoms with Gasteiger partial charge in [-0.1, -0.05) is 25.0 Å². The quantitative estimate of drug-likeness (QED) is 0.542. The first-order valence-corrected chi connectivity index (χ1v) is 13.0. The molecule has 8 heteroatoms. The number of morpholine rings is 1. The normalized spacial score (nSPS) is 20.8. The smallest absolute Gasteiger partial charge is 0.227 e. The van der Waals surface area contributed by atoms with Gasteiger partial charge >= 0.3 is 0 Å². The van der Waals surface area contributed by atoms with E-state index >= 15 is 0 Å². The van der Waals surface area contributed by atoms with Crippen LogP contribution < -0.4 is 9.80 Å². The topological polar surface area (TPSA) is 76.4 Å². The highest BCUT2D eigenvalue weighted by Crippen LogP contribution is 2.34. The predicted octanol–water partition coefficient (Wildman–Crippen LogP) is 3.42. The maximum absolute atomic E-state index is 13.4. The van der Waals surface area contributed by atoms with Crippen LogP contribution in [0.5, 0.6) is 0 Å². The number of benzene rings is 1. The Kier molecular flexibility index (Phi) is 6.14. The fraction of sp³-hybridized carbons (Fsp3) is 0.556. The molecule has 1 aromatic carbocycles. The number of anilines is 2. The Morgan fingerprint density at radius 1 is 1.14 bits per heavy atom. The predicted molar refractivity (Wildman–Crippen MR) is 136 cm³/mol. The minimum Gasteiger partial charge on any atom is -0.378 e. The van der Waals surface area contributed by atoms with E-state index in [4.69, 9.17) is 9.72 Å². The molecule has 3 aliphatic rings. The molecule has 0 radical (unpaired) electrons. The van der Waals surface area contributed by atoms with Gasteiger partial charge in [-0.25, -0.2) is 9.67 Å². The highest BCUT2D eigenvalue weighted by atomic mass is 16.5. The standard InChI is InChI=1S/C27H34N6O2/c1-31(22-6-2-3-7-22)27-28-16-21-17-29-33(26(21)30-27)18-25(34)20-9-10-23-19(15-20)5-4-8-24(23)32-11-13-35-14-12-32/h4-5,8,16-17,20,22H,2-3,6-7,9-15,18H2,1H3/t20-/m1/s1. The van der Waals surface area contributed by atoms with Gasteiger partial charge in [0.1, 0.15) is 6.54 Å². The summed E-state index contributed by atoms with van der Waals surface area (Å²) in [7, 11) is 2.08. The van der Waals surface area contributed by atoms with Crippen LogP contribution in [0.1, 0.15) is 43.2 Å². The summed E-state index contributed by atoms with van der Waals surface area (Å²) in [4.78, 5) is 27.4. The summed E-state index contributed by atoms with van der Waals surface area (Å²) < 4.78 is 7.30. The van der Waals surface area contributed by atoms with Crippen molar-refractivity contribution in [1.29, 1.82) is 0 Å². The van der Waals surface area contributed by atoms with E-state index in [1.807, 2.05) is 6.20 Å². The molecule has 8 nitrogen and oxygen atoms in total. The Balaban J connectivity index is 1.18. The summed E-state index contributed by atoms with van der Waals surface area (Å²) in [6.45, 7) is 3.70. The maximum Gasteiger partial charge on any atom is 0.227 e. The van der Waals surface area contributed by atoms with Crippen molar-refractivity contribution in [2.75, 3.05) is 43.2 Å². The number of rotatable bonds is 6. The van der Waals surface area contributed by atoms with Gasteiger partial charge in [0.25, 0.3) is 0 Å². The number of carbonyl (C=O) groups is 1. The number of nitrogens with zero attached hydrogens (tertiary/aromatic N) is 6. The first-order valence-electron chi connectivity index (χ1n) is 13.0. The molecule has 2 aliphatic carbocycles. The van der Waals surface area contributed by atoms with Crippen LogP contribution in [0.4, 0.5) is 11.6 Å². The van der Waals surface area contributed by atoms with E-state index < -0.39 is 0 Å². The number of ether oxygens (including phenoxy) is 1. The zero-order valence-corrected chi connectivity index (χ0v) is 20.5. The van der Waals surface area contributed by atoms with Crippen LogP contribution >= 0.6 is 0 Å². The van der Waals surface area contributed by atoms with Crippen molar-refractivity contribution >= 4 is 28.5 Å². The van der Waals surface area contributed by atoms with E-state index in [9.17, 15) is 4.79 Å². The third kappa shape index (κ3) is 4.40. The summed E-state index contributed by atoms with van der Waals surface area (Å²) in [6.07, 6.45) is 11.1. The molecule has 35 heavy (non-hydrogen) atoms. The summed E-state index contributed by atoms with van der Waals surface area (Å²) in [5.41, 5.74) is 4.80. The Morgan fingerprint density at radius 3 is 2.80 bits per heavy atom. The third-order valence-electron chi connectivity index (χ3n) is 8.12.